The fourth-order valence-corrected chi connectivity index (χ4v) is 2.64. The average Bonchev–Trinajstić information content (AvgIpc) is 2.46. The minimum atomic E-state index is 0. The minimum absolute atomic E-state index is 0. The molecule has 0 amide bonds. The number of hydrogen-bond donors (Lipinski definition) is 0. The molecule has 0 N–H and O–H groups in total. The van der Waals surface area contributed by atoms with E-state index in [0.717, 1.165) is 9.91 Å². The molecular formula is C16H40NOPSi+2. The van der Waals surface area contributed by atoms with Crippen molar-refractivity contribution in [2.24, 2.45) is 0 Å². The van der Waals surface area contributed by atoms with E-state index in [9.17, 15) is 0 Å². The van der Waals surface area contributed by atoms with Crippen LogP contribution in [0.5, 0.6) is 0 Å². The molecule has 0 aromatic carbocycles. The zero-order valence-corrected chi connectivity index (χ0v) is 17.7. The van der Waals surface area contributed by atoms with Crippen molar-refractivity contribution in [3.05, 3.63) is 0 Å². The SMILES string of the molecule is CCCC[N+](CCCC)(CCCC)CCCC.O=P[SiH3].[H+]. The van der Waals surface area contributed by atoms with Crippen molar-refractivity contribution in [3.63, 3.8) is 0 Å². The van der Waals surface area contributed by atoms with Crippen molar-refractivity contribution in [3.8, 4) is 0 Å². The molecule has 0 aromatic heterocycles. The summed E-state index contributed by atoms with van der Waals surface area (Å²) in [6.45, 7) is 15.0. The monoisotopic (exact) mass is 321 g/mol. The van der Waals surface area contributed by atoms with Gasteiger partial charge < -0.3 is 4.48 Å². The van der Waals surface area contributed by atoms with Gasteiger partial charge in [-0.05, 0) is 25.7 Å². The summed E-state index contributed by atoms with van der Waals surface area (Å²) in [7, 11) is 1.09. The Morgan fingerprint density at radius 2 is 0.950 bits per heavy atom. The second-order valence-corrected chi connectivity index (χ2v) is 7.29. The summed E-state index contributed by atoms with van der Waals surface area (Å²) < 4.78 is 10.4. The Hall–Kier alpha value is 0.277. The third-order valence-electron chi connectivity index (χ3n) is 3.94. The van der Waals surface area contributed by atoms with Crippen molar-refractivity contribution in [1.29, 1.82) is 0 Å². The predicted molar refractivity (Wildman–Crippen MR) is 98.0 cm³/mol. The molecule has 0 saturated heterocycles. The summed E-state index contributed by atoms with van der Waals surface area (Å²) >= 11 is 0. The highest BCUT2D eigenvalue weighted by Gasteiger charge is 2.24. The molecule has 122 valence electrons. The zero-order valence-electron chi connectivity index (χ0n) is 15.8. The second kappa shape index (κ2) is 17.3. The molecule has 0 aliphatic heterocycles. The van der Waals surface area contributed by atoms with Crippen LogP contribution in [0, 0.1) is 0 Å². The second-order valence-electron chi connectivity index (χ2n) is 5.83. The summed E-state index contributed by atoms with van der Waals surface area (Å²) in [6.07, 6.45) is 11.1. The van der Waals surface area contributed by atoms with E-state index in [1.165, 1.54) is 82.0 Å². The average molecular weight is 322 g/mol. The third kappa shape index (κ3) is 13.3. The van der Waals surface area contributed by atoms with Gasteiger partial charge in [0.1, 0.15) is 17.9 Å². The molecule has 4 heteroatoms. The van der Waals surface area contributed by atoms with Crippen molar-refractivity contribution >= 4 is 17.9 Å². The molecule has 0 atom stereocenters. The Labute approximate surface area is 134 Å². The van der Waals surface area contributed by atoms with Crippen LogP contribution in [0.25, 0.3) is 0 Å². The molecule has 0 unspecified atom stereocenters. The van der Waals surface area contributed by atoms with Crippen LogP contribution in [0.15, 0.2) is 0 Å². The van der Waals surface area contributed by atoms with E-state index in [4.69, 9.17) is 4.57 Å². The van der Waals surface area contributed by atoms with Gasteiger partial charge in [0, 0.05) is 0 Å². The van der Waals surface area contributed by atoms with Crippen molar-refractivity contribution in [1.82, 2.24) is 0 Å². The van der Waals surface area contributed by atoms with Crippen LogP contribution in [0.3, 0.4) is 0 Å². The number of hydrogen-bond acceptors (Lipinski definition) is 1. The lowest BCUT2D eigenvalue weighted by Crippen LogP contribution is -2.50. The van der Waals surface area contributed by atoms with Gasteiger partial charge in [0.05, 0.1) is 26.2 Å². The molecule has 0 heterocycles. The highest BCUT2D eigenvalue weighted by Crippen LogP contribution is 2.16. The lowest BCUT2D eigenvalue weighted by Gasteiger charge is -2.39. The topological polar surface area (TPSA) is 17.1 Å². The molecule has 0 radical (unpaired) electrons. The number of nitrogens with zero attached hydrogens (tertiary/aromatic N) is 1. The first kappa shape index (κ1) is 22.6. The van der Waals surface area contributed by atoms with E-state index in [1.54, 1.807) is 0 Å². The zero-order chi connectivity index (χ0) is 15.7. The number of unbranched alkanes of at least 4 members (excludes halogenated alkanes) is 4. The van der Waals surface area contributed by atoms with Crippen LogP contribution in [0.2, 0.25) is 0 Å². The largest absolute Gasteiger partial charge is 1.00 e. The van der Waals surface area contributed by atoms with Crippen LogP contribution in [0.4, 0.5) is 0 Å². The predicted octanol–water partition coefficient (Wildman–Crippen LogP) is 4.67. The first-order chi connectivity index (χ1) is 9.66. The van der Waals surface area contributed by atoms with Crippen LogP contribution < -0.4 is 0 Å². The van der Waals surface area contributed by atoms with Gasteiger partial charge in [-0.3, -0.25) is 4.57 Å². The Balaban J connectivity index is -0.000000740. The van der Waals surface area contributed by atoms with Gasteiger partial charge in [-0.1, -0.05) is 53.4 Å². The fourth-order valence-electron chi connectivity index (χ4n) is 2.64. The maximum Gasteiger partial charge on any atom is 1.00 e. The maximum atomic E-state index is 8.96. The van der Waals surface area contributed by atoms with Crippen LogP contribution >= 0.6 is 8.01 Å². The van der Waals surface area contributed by atoms with E-state index in [0.29, 0.717) is 8.01 Å². The molecule has 0 aliphatic rings. The first-order valence-corrected chi connectivity index (χ1v) is 12.7. The Morgan fingerprint density at radius 3 is 1.10 bits per heavy atom. The molecule has 0 spiro atoms. The van der Waals surface area contributed by atoms with E-state index in [1.807, 2.05) is 0 Å². The van der Waals surface area contributed by atoms with E-state index in [2.05, 4.69) is 27.7 Å². The summed E-state index contributed by atoms with van der Waals surface area (Å²) in [5.74, 6) is 0. The lowest BCUT2D eigenvalue weighted by atomic mass is 10.1. The summed E-state index contributed by atoms with van der Waals surface area (Å²) in [5.41, 5.74) is 0. The van der Waals surface area contributed by atoms with E-state index >= 15 is 0 Å². The lowest BCUT2D eigenvalue weighted by molar-refractivity contribution is -0.929. The molecule has 0 fully saturated rings. The molecule has 0 bridgehead atoms. The molecule has 20 heavy (non-hydrogen) atoms. The highest BCUT2D eigenvalue weighted by atomic mass is 31.3. The van der Waals surface area contributed by atoms with E-state index in [-0.39, 0.29) is 1.43 Å². The summed E-state index contributed by atoms with van der Waals surface area (Å²) in [5, 5.41) is 0. The van der Waals surface area contributed by atoms with Gasteiger partial charge >= 0.3 is 1.43 Å². The van der Waals surface area contributed by atoms with Crippen molar-refractivity contribution in [2.45, 2.75) is 79.1 Å². The minimum Gasteiger partial charge on any atom is -0.324 e. The normalized spacial score (nSPS) is 11.4. The van der Waals surface area contributed by atoms with Gasteiger partial charge in [-0.2, -0.15) is 0 Å². The molecule has 0 saturated carbocycles. The van der Waals surface area contributed by atoms with Gasteiger partial charge in [0.15, 0.2) is 0 Å². The Kier molecular flexibility index (Phi) is 19.5. The summed E-state index contributed by atoms with van der Waals surface area (Å²) in [6, 6.07) is 0. The highest BCUT2D eigenvalue weighted by molar-refractivity contribution is 7.55. The third-order valence-corrected chi connectivity index (χ3v) is 3.94. The smallest absolute Gasteiger partial charge is 0.324 e. The van der Waals surface area contributed by atoms with Gasteiger partial charge in [0.25, 0.3) is 0 Å². The van der Waals surface area contributed by atoms with Crippen LogP contribution in [0.1, 0.15) is 80.5 Å². The molecule has 0 aliphatic carbocycles. The van der Waals surface area contributed by atoms with Gasteiger partial charge in [0.2, 0.25) is 0 Å². The first-order valence-electron chi connectivity index (χ1n) is 8.72. The molecule has 0 rings (SSSR count). The van der Waals surface area contributed by atoms with Gasteiger partial charge in [-0.25, -0.2) is 0 Å². The van der Waals surface area contributed by atoms with Crippen molar-refractivity contribution in [2.75, 3.05) is 26.2 Å². The number of quaternary nitrogens is 1. The standard InChI is InChI=1S/C16H36N.H3OPSi/c1-5-9-13-17(14-10-6-2,15-11-7-3)16-12-8-4;1-2-3/h5-16H2,1-4H3;3H3/q+1;/p+1. The van der Waals surface area contributed by atoms with Crippen LogP contribution in [-0.4, -0.2) is 40.6 Å². The fraction of sp³-hybridized carbons (Fsp3) is 1.00. The summed E-state index contributed by atoms with van der Waals surface area (Å²) in [4.78, 5) is 0. The Bertz CT molecular complexity index is 171. The van der Waals surface area contributed by atoms with E-state index < -0.39 is 0 Å². The molecule has 2 nitrogen and oxygen atoms in total. The maximum absolute atomic E-state index is 8.96. The molecule has 0 aromatic rings. The van der Waals surface area contributed by atoms with Crippen LogP contribution in [-0.2, 0) is 4.57 Å². The molecular weight excluding hydrogens is 281 g/mol. The Morgan fingerprint density at radius 1 is 0.750 bits per heavy atom. The number of rotatable bonds is 12. The van der Waals surface area contributed by atoms with Gasteiger partial charge in [-0.15, -0.1) is 0 Å². The quantitative estimate of drug-likeness (QED) is 0.290. The van der Waals surface area contributed by atoms with Crippen molar-refractivity contribution < 1.29 is 10.5 Å².